The topological polar surface area (TPSA) is 49.2 Å². The predicted molar refractivity (Wildman–Crippen MR) is 132 cm³/mol. The summed E-state index contributed by atoms with van der Waals surface area (Å²) >= 11 is 6.84. The Kier molecular flexibility index (Phi) is 7.28. The van der Waals surface area contributed by atoms with E-state index in [4.69, 9.17) is 26.1 Å². The summed E-state index contributed by atoms with van der Waals surface area (Å²) in [5.41, 5.74) is 0.666. The van der Waals surface area contributed by atoms with Gasteiger partial charge in [-0.2, -0.15) is 13.2 Å². The van der Waals surface area contributed by atoms with Crippen molar-refractivity contribution in [1.29, 1.82) is 0 Å². The lowest BCUT2D eigenvalue weighted by Crippen LogP contribution is -2.25. The highest BCUT2D eigenvalue weighted by atomic mass is 35.5. The van der Waals surface area contributed by atoms with E-state index in [0.29, 0.717) is 58.9 Å². The number of hydrogen-bond donors (Lipinski definition) is 0. The van der Waals surface area contributed by atoms with Crippen molar-refractivity contribution in [2.24, 2.45) is 5.92 Å². The van der Waals surface area contributed by atoms with Crippen molar-refractivity contribution in [3.05, 3.63) is 58.8 Å². The molecule has 2 aliphatic rings. The normalized spacial score (nSPS) is 18.0. The fourth-order valence-electron chi connectivity index (χ4n) is 4.75. The molecule has 38 heavy (non-hydrogen) atoms. The third kappa shape index (κ3) is 5.90. The van der Waals surface area contributed by atoms with Gasteiger partial charge in [-0.15, -0.1) is 0 Å². The molecule has 2 aromatic heterocycles. The van der Waals surface area contributed by atoms with E-state index in [1.54, 1.807) is 18.2 Å². The van der Waals surface area contributed by atoms with Gasteiger partial charge in [-0.05, 0) is 55.9 Å². The minimum absolute atomic E-state index is 0.0339. The average Bonchev–Trinajstić information content (AvgIpc) is 3.65. The van der Waals surface area contributed by atoms with E-state index in [1.807, 2.05) is 4.57 Å². The number of imidazole rings is 1. The Bertz CT molecular complexity index is 1280. The van der Waals surface area contributed by atoms with Crippen LogP contribution in [0.15, 0.2) is 36.5 Å². The molecule has 0 spiro atoms. The van der Waals surface area contributed by atoms with Crippen molar-refractivity contribution in [3.63, 3.8) is 0 Å². The number of nitrogens with zero attached hydrogens (tertiary/aromatic N) is 3. The highest BCUT2D eigenvalue weighted by Gasteiger charge is 2.38. The third-order valence-electron chi connectivity index (χ3n) is 7.12. The lowest BCUT2D eigenvalue weighted by Gasteiger charge is -2.28. The van der Waals surface area contributed by atoms with Crippen LogP contribution in [0.1, 0.15) is 61.5 Å². The zero-order valence-corrected chi connectivity index (χ0v) is 21.5. The standard InChI is InChI=1S/C27H27ClF5N3O2/c1-37-22-12-20(38-15-19-5-4-18(13-34-19)27(31,32)33)6-7-21(22)23-24(28)36(14-16-2-3-16)25(35-23)17-8-10-26(29,30)11-9-17/h4-7,12-13,16-17H,2-3,8-11,14-15H2,1H3. The van der Waals surface area contributed by atoms with Crippen LogP contribution in [0.3, 0.4) is 0 Å². The number of aromatic nitrogens is 3. The number of ether oxygens (including phenoxy) is 2. The molecule has 2 fully saturated rings. The zero-order valence-electron chi connectivity index (χ0n) is 20.7. The van der Waals surface area contributed by atoms with Gasteiger partial charge in [0.1, 0.15) is 34.8 Å². The average molecular weight is 556 g/mol. The molecule has 0 amide bonds. The number of halogens is 6. The quantitative estimate of drug-likeness (QED) is 0.265. The van der Waals surface area contributed by atoms with E-state index in [1.165, 1.54) is 13.2 Å². The second kappa shape index (κ2) is 10.4. The van der Waals surface area contributed by atoms with Gasteiger partial charge >= 0.3 is 6.18 Å². The number of benzene rings is 1. The van der Waals surface area contributed by atoms with Crippen molar-refractivity contribution in [3.8, 4) is 22.8 Å². The van der Waals surface area contributed by atoms with Crippen LogP contribution < -0.4 is 9.47 Å². The monoisotopic (exact) mass is 555 g/mol. The summed E-state index contributed by atoms with van der Waals surface area (Å²) in [6.45, 7) is 0.672. The van der Waals surface area contributed by atoms with Crippen LogP contribution >= 0.6 is 11.6 Å². The molecule has 11 heteroatoms. The number of rotatable bonds is 8. The Balaban J connectivity index is 1.37. The summed E-state index contributed by atoms with van der Waals surface area (Å²) < 4.78 is 79.2. The minimum Gasteiger partial charge on any atom is -0.496 e. The maximum Gasteiger partial charge on any atom is 0.417 e. The molecule has 5 rings (SSSR count). The molecule has 0 radical (unpaired) electrons. The summed E-state index contributed by atoms with van der Waals surface area (Å²) in [7, 11) is 1.50. The van der Waals surface area contributed by atoms with Crippen LogP contribution in [0.5, 0.6) is 11.5 Å². The van der Waals surface area contributed by atoms with Gasteiger partial charge in [-0.25, -0.2) is 13.8 Å². The first kappa shape index (κ1) is 26.7. The van der Waals surface area contributed by atoms with E-state index < -0.39 is 17.7 Å². The second-order valence-corrected chi connectivity index (χ2v) is 10.3. The van der Waals surface area contributed by atoms with Gasteiger partial charge in [-0.1, -0.05) is 11.6 Å². The van der Waals surface area contributed by atoms with Gasteiger partial charge < -0.3 is 14.0 Å². The lowest BCUT2D eigenvalue weighted by atomic mass is 9.86. The van der Waals surface area contributed by atoms with E-state index in [2.05, 4.69) is 4.98 Å². The third-order valence-corrected chi connectivity index (χ3v) is 7.51. The van der Waals surface area contributed by atoms with E-state index in [-0.39, 0.29) is 25.4 Å². The lowest BCUT2D eigenvalue weighted by molar-refractivity contribution is -0.137. The van der Waals surface area contributed by atoms with Gasteiger partial charge in [0.15, 0.2) is 0 Å². The van der Waals surface area contributed by atoms with Gasteiger partial charge in [0.25, 0.3) is 0 Å². The van der Waals surface area contributed by atoms with E-state index >= 15 is 0 Å². The summed E-state index contributed by atoms with van der Waals surface area (Å²) in [5.74, 6) is -0.605. The van der Waals surface area contributed by atoms with Crippen molar-refractivity contribution < 1.29 is 31.4 Å². The molecule has 2 aliphatic carbocycles. The Morgan fingerprint density at radius 1 is 1.08 bits per heavy atom. The number of methoxy groups -OCH3 is 1. The maximum absolute atomic E-state index is 13.8. The molecule has 2 heterocycles. The molecule has 0 N–H and O–H groups in total. The first-order valence-electron chi connectivity index (χ1n) is 12.5. The maximum atomic E-state index is 13.8. The fraction of sp³-hybridized carbons (Fsp3) is 0.481. The van der Waals surface area contributed by atoms with Crippen LogP contribution in [-0.2, 0) is 19.3 Å². The Labute approximate surface area is 221 Å². The van der Waals surface area contributed by atoms with Gasteiger partial charge in [0.05, 0.1) is 18.4 Å². The van der Waals surface area contributed by atoms with Crippen molar-refractivity contribution in [2.75, 3.05) is 7.11 Å². The molecule has 204 valence electrons. The van der Waals surface area contributed by atoms with Crippen molar-refractivity contribution in [1.82, 2.24) is 14.5 Å². The summed E-state index contributed by atoms with van der Waals surface area (Å²) in [5, 5.41) is 0.449. The molecule has 2 saturated carbocycles. The van der Waals surface area contributed by atoms with Gasteiger partial charge in [0, 0.05) is 43.1 Å². The van der Waals surface area contributed by atoms with E-state index in [0.717, 1.165) is 30.9 Å². The highest BCUT2D eigenvalue weighted by molar-refractivity contribution is 6.32. The molecule has 5 nitrogen and oxygen atoms in total. The molecule has 3 aromatic rings. The Morgan fingerprint density at radius 2 is 1.82 bits per heavy atom. The van der Waals surface area contributed by atoms with Crippen molar-refractivity contribution >= 4 is 11.6 Å². The molecule has 0 bridgehead atoms. The zero-order chi connectivity index (χ0) is 27.1. The smallest absolute Gasteiger partial charge is 0.417 e. The fourth-order valence-corrected chi connectivity index (χ4v) is 5.05. The molecule has 0 saturated heterocycles. The minimum atomic E-state index is -4.45. The summed E-state index contributed by atoms with van der Waals surface area (Å²) in [6, 6.07) is 7.32. The second-order valence-electron chi connectivity index (χ2n) is 9.98. The first-order valence-corrected chi connectivity index (χ1v) is 12.9. The predicted octanol–water partition coefficient (Wildman–Crippen LogP) is 7.91. The molecule has 0 atom stereocenters. The van der Waals surface area contributed by atoms with Crippen LogP contribution in [0.25, 0.3) is 11.3 Å². The van der Waals surface area contributed by atoms with Crippen LogP contribution in [-0.4, -0.2) is 27.6 Å². The van der Waals surface area contributed by atoms with Crippen LogP contribution in [0.2, 0.25) is 5.15 Å². The molecule has 1 aromatic carbocycles. The number of hydrogen-bond acceptors (Lipinski definition) is 4. The Morgan fingerprint density at radius 3 is 2.42 bits per heavy atom. The number of alkyl halides is 5. The Hall–Kier alpha value is -2.88. The van der Waals surface area contributed by atoms with Gasteiger partial charge in [0.2, 0.25) is 5.92 Å². The van der Waals surface area contributed by atoms with Gasteiger partial charge in [-0.3, -0.25) is 4.98 Å². The van der Waals surface area contributed by atoms with Crippen LogP contribution in [0, 0.1) is 5.92 Å². The summed E-state index contributed by atoms with van der Waals surface area (Å²) in [4.78, 5) is 8.68. The molecular weight excluding hydrogens is 529 g/mol. The van der Waals surface area contributed by atoms with E-state index in [9.17, 15) is 22.0 Å². The largest absolute Gasteiger partial charge is 0.496 e. The summed E-state index contributed by atoms with van der Waals surface area (Å²) in [6.07, 6.45) is -1.09. The first-order chi connectivity index (χ1) is 18.0. The van der Waals surface area contributed by atoms with Crippen LogP contribution in [0.4, 0.5) is 22.0 Å². The highest BCUT2D eigenvalue weighted by Crippen LogP contribution is 2.45. The molecule has 0 unspecified atom stereocenters. The molecule has 0 aliphatic heterocycles. The number of pyridine rings is 1. The SMILES string of the molecule is COc1cc(OCc2ccc(C(F)(F)F)cn2)ccc1-c1nc(C2CCC(F)(F)CC2)n(CC2CC2)c1Cl. The molecular formula is C27H27ClF5N3O2. The van der Waals surface area contributed by atoms with Crippen molar-refractivity contribution in [2.45, 2.75) is 69.7 Å².